The molecule has 0 aromatic heterocycles. The van der Waals surface area contributed by atoms with E-state index in [1.54, 1.807) is 37.4 Å². The zero-order valence-electron chi connectivity index (χ0n) is 14.5. The SMILES string of the molecule is CNc1ccc(C(=O)N(CCC(=O)OC)c2ccccc2)cc1[N+](=O)[O-]. The van der Waals surface area contributed by atoms with E-state index in [0.29, 0.717) is 11.4 Å². The molecule has 0 heterocycles. The van der Waals surface area contributed by atoms with E-state index in [-0.39, 0.29) is 24.2 Å². The minimum absolute atomic E-state index is 0.00776. The topological polar surface area (TPSA) is 102 Å². The number of para-hydroxylation sites is 1. The first-order valence-corrected chi connectivity index (χ1v) is 7.88. The lowest BCUT2D eigenvalue weighted by Crippen LogP contribution is -2.33. The number of nitro groups is 1. The molecule has 136 valence electrons. The Hall–Kier alpha value is -3.42. The van der Waals surface area contributed by atoms with Gasteiger partial charge in [-0.3, -0.25) is 19.7 Å². The van der Waals surface area contributed by atoms with Gasteiger partial charge in [-0.2, -0.15) is 0 Å². The second-order valence-corrected chi connectivity index (χ2v) is 5.36. The lowest BCUT2D eigenvalue weighted by Gasteiger charge is -2.22. The zero-order chi connectivity index (χ0) is 19.1. The Morgan fingerprint density at radius 1 is 1.19 bits per heavy atom. The van der Waals surface area contributed by atoms with Gasteiger partial charge < -0.3 is 15.0 Å². The number of rotatable bonds is 7. The first kappa shape index (κ1) is 18.9. The molecule has 2 rings (SSSR count). The average molecular weight is 357 g/mol. The van der Waals surface area contributed by atoms with Gasteiger partial charge in [0.25, 0.3) is 11.6 Å². The van der Waals surface area contributed by atoms with Gasteiger partial charge in [-0.25, -0.2) is 0 Å². The molecule has 26 heavy (non-hydrogen) atoms. The van der Waals surface area contributed by atoms with Gasteiger partial charge in [-0.05, 0) is 24.3 Å². The quantitative estimate of drug-likeness (QED) is 0.464. The van der Waals surface area contributed by atoms with Crippen LogP contribution in [0.5, 0.6) is 0 Å². The molecule has 0 aliphatic heterocycles. The fourth-order valence-electron chi connectivity index (χ4n) is 2.44. The Balaban J connectivity index is 2.38. The predicted molar refractivity (Wildman–Crippen MR) is 97.4 cm³/mol. The second-order valence-electron chi connectivity index (χ2n) is 5.36. The number of nitro benzene ring substituents is 1. The van der Waals surface area contributed by atoms with Crippen LogP contribution in [0, 0.1) is 10.1 Å². The Labute approximate surface area is 150 Å². The first-order chi connectivity index (χ1) is 12.5. The molecule has 2 aromatic carbocycles. The third-order valence-corrected chi connectivity index (χ3v) is 3.79. The monoisotopic (exact) mass is 357 g/mol. The number of nitrogens with zero attached hydrogens (tertiary/aromatic N) is 2. The summed E-state index contributed by atoms with van der Waals surface area (Å²) in [5.74, 6) is -0.888. The number of anilines is 2. The van der Waals surface area contributed by atoms with Crippen LogP contribution < -0.4 is 10.2 Å². The van der Waals surface area contributed by atoms with Crippen LogP contribution in [-0.2, 0) is 9.53 Å². The molecule has 8 nitrogen and oxygen atoms in total. The summed E-state index contributed by atoms with van der Waals surface area (Å²) in [5.41, 5.74) is 0.859. The number of amides is 1. The minimum Gasteiger partial charge on any atom is -0.469 e. The van der Waals surface area contributed by atoms with Crippen LogP contribution >= 0.6 is 0 Å². The van der Waals surface area contributed by atoms with E-state index in [9.17, 15) is 19.7 Å². The van der Waals surface area contributed by atoms with Crippen LogP contribution in [0.15, 0.2) is 48.5 Å². The highest BCUT2D eigenvalue weighted by atomic mass is 16.6. The van der Waals surface area contributed by atoms with Crippen molar-refractivity contribution in [3.05, 3.63) is 64.2 Å². The van der Waals surface area contributed by atoms with E-state index in [2.05, 4.69) is 10.1 Å². The number of nitrogens with one attached hydrogen (secondary N) is 1. The molecule has 0 atom stereocenters. The van der Waals surface area contributed by atoms with Gasteiger partial charge in [0.15, 0.2) is 0 Å². The molecule has 0 saturated carbocycles. The maximum absolute atomic E-state index is 13.0. The molecule has 0 fully saturated rings. The summed E-state index contributed by atoms with van der Waals surface area (Å²) in [4.78, 5) is 36.5. The Bertz CT molecular complexity index is 808. The van der Waals surface area contributed by atoms with E-state index >= 15 is 0 Å². The van der Waals surface area contributed by atoms with Gasteiger partial charge in [0.05, 0.1) is 18.5 Å². The summed E-state index contributed by atoms with van der Waals surface area (Å²) in [7, 11) is 2.84. The van der Waals surface area contributed by atoms with Crippen LogP contribution in [0.2, 0.25) is 0 Å². The number of benzene rings is 2. The van der Waals surface area contributed by atoms with Crippen LogP contribution in [0.3, 0.4) is 0 Å². The zero-order valence-corrected chi connectivity index (χ0v) is 14.5. The van der Waals surface area contributed by atoms with Crippen molar-refractivity contribution in [1.82, 2.24) is 0 Å². The third-order valence-electron chi connectivity index (χ3n) is 3.79. The van der Waals surface area contributed by atoms with Crippen LogP contribution in [-0.4, -0.2) is 37.5 Å². The largest absolute Gasteiger partial charge is 0.469 e. The van der Waals surface area contributed by atoms with E-state index in [1.165, 1.54) is 30.2 Å². The predicted octanol–water partition coefficient (Wildman–Crippen LogP) is 2.85. The van der Waals surface area contributed by atoms with E-state index < -0.39 is 16.8 Å². The Morgan fingerprint density at radius 2 is 1.88 bits per heavy atom. The second kappa shape index (κ2) is 8.61. The summed E-state index contributed by atoms with van der Waals surface area (Å²) in [6.45, 7) is 0.0943. The van der Waals surface area contributed by atoms with E-state index in [1.807, 2.05) is 0 Å². The normalized spacial score (nSPS) is 10.1. The fraction of sp³-hybridized carbons (Fsp3) is 0.222. The molecular weight excluding hydrogens is 338 g/mol. The maximum Gasteiger partial charge on any atom is 0.307 e. The van der Waals surface area contributed by atoms with Crippen molar-refractivity contribution in [2.45, 2.75) is 6.42 Å². The summed E-state index contributed by atoms with van der Waals surface area (Å²) < 4.78 is 4.63. The summed E-state index contributed by atoms with van der Waals surface area (Å²) in [6, 6.07) is 13.0. The lowest BCUT2D eigenvalue weighted by atomic mass is 10.1. The van der Waals surface area contributed by atoms with Crippen LogP contribution in [0.25, 0.3) is 0 Å². The number of hydrogen-bond acceptors (Lipinski definition) is 6. The number of carbonyl (C=O) groups is 2. The van der Waals surface area contributed by atoms with Gasteiger partial charge in [0.1, 0.15) is 5.69 Å². The summed E-state index contributed by atoms with van der Waals surface area (Å²) in [6.07, 6.45) is 0.00776. The Morgan fingerprint density at radius 3 is 2.46 bits per heavy atom. The summed E-state index contributed by atoms with van der Waals surface area (Å²) >= 11 is 0. The van der Waals surface area contributed by atoms with Crippen molar-refractivity contribution in [2.24, 2.45) is 0 Å². The van der Waals surface area contributed by atoms with Gasteiger partial charge in [-0.1, -0.05) is 18.2 Å². The highest BCUT2D eigenvalue weighted by Crippen LogP contribution is 2.27. The molecule has 8 heteroatoms. The number of hydrogen-bond donors (Lipinski definition) is 1. The molecule has 0 aliphatic carbocycles. The third kappa shape index (κ3) is 4.35. The molecule has 0 unspecified atom stereocenters. The van der Waals surface area contributed by atoms with Crippen LogP contribution in [0.1, 0.15) is 16.8 Å². The first-order valence-electron chi connectivity index (χ1n) is 7.88. The van der Waals surface area contributed by atoms with Gasteiger partial charge in [0, 0.05) is 30.9 Å². The molecule has 0 radical (unpaired) electrons. The van der Waals surface area contributed by atoms with E-state index in [4.69, 9.17) is 0 Å². The van der Waals surface area contributed by atoms with Crippen molar-refractivity contribution in [1.29, 1.82) is 0 Å². The molecule has 0 aliphatic rings. The molecular formula is C18H19N3O5. The van der Waals surface area contributed by atoms with E-state index in [0.717, 1.165) is 0 Å². The number of methoxy groups -OCH3 is 1. The molecule has 2 aromatic rings. The minimum atomic E-state index is -0.552. The number of carbonyl (C=O) groups excluding carboxylic acids is 2. The highest BCUT2D eigenvalue weighted by Gasteiger charge is 2.22. The fourth-order valence-corrected chi connectivity index (χ4v) is 2.44. The highest BCUT2D eigenvalue weighted by molar-refractivity contribution is 6.07. The number of ether oxygens (including phenoxy) is 1. The van der Waals surface area contributed by atoms with Crippen molar-refractivity contribution in [3.63, 3.8) is 0 Å². The summed E-state index contributed by atoms with van der Waals surface area (Å²) in [5, 5.41) is 14.0. The van der Waals surface area contributed by atoms with Crippen molar-refractivity contribution in [2.75, 3.05) is 30.9 Å². The molecule has 1 amide bonds. The lowest BCUT2D eigenvalue weighted by molar-refractivity contribution is -0.384. The molecule has 1 N–H and O–H groups in total. The number of esters is 1. The van der Waals surface area contributed by atoms with Crippen molar-refractivity contribution in [3.8, 4) is 0 Å². The Kier molecular flexibility index (Phi) is 6.26. The smallest absolute Gasteiger partial charge is 0.307 e. The van der Waals surface area contributed by atoms with Gasteiger partial charge >= 0.3 is 5.97 Å². The van der Waals surface area contributed by atoms with Crippen molar-refractivity contribution >= 4 is 28.9 Å². The molecule has 0 spiro atoms. The van der Waals surface area contributed by atoms with Gasteiger partial charge in [0.2, 0.25) is 0 Å². The molecule has 0 bridgehead atoms. The van der Waals surface area contributed by atoms with Crippen LogP contribution in [0.4, 0.5) is 17.1 Å². The van der Waals surface area contributed by atoms with Gasteiger partial charge in [-0.15, -0.1) is 0 Å². The maximum atomic E-state index is 13.0. The molecule has 0 saturated heterocycles. The standard InChI is InChI=1S/C18H19N3O5/c1-19-15-9-8-13(12-16(15)21(24)25)18(23)20(11-10-17(22)26-2)14-6-4-3-5-7-14/h3-9,12,19H,10-11H2,1-2H3. The van der Waals surface area contributed by atoms with Crippen molar-refractivity contribution < 1.29 is 19.2 Å². The average Bonchev–Trinajstić information content (AvgIpc) is 2.67.